The van der Waals surface area contributed by atoms with Crippen LogP contribution in [0.4, 0.5) is 0 Å². The van der Waals surface area contributed by atoms with Gasteiger partial charge in [0.15, 0.2) is 0 Å². The molecule has 1 aromatic heterocycles. The first kappa shape index (κ1) is 15.4. The quantitative estimate of drug-likeness (QED) is 0.919. The number of piperidine rings is 1. The maximum atomic E-state index is 13.0. The van der Waals surface area contributed by atoms with Crippen molar-refractivity contribution in [3.63, 3.8) is 0 Å². The lowest BCUT2D eigenvalue weighted by Gasteiger charge is -2.35. The number of hydrogen-bond donors (Lipinski definition) is 1. The lowest BCUT2D eigenvalue weighted by Crippen LogP contribution is -2.48. The lowest BCUT2D eigenvalue weighted by molar-refractivity contribution is 0.247. The number of aromatic nitrogens is 1. The van der Waals surface area contributed by atoms with Crippen LogP contribution < -0.4 is 5.73 Å². The summed E-state index contributed by atoms with van der Waals surface area (Å²) in [6.45, 7) is 4.33. The molecule has 2 aromatic rings. The standard InChI is InChI=1S/C16H21N3O2S/c1-11-8-13-4-3-5-15(16(13)18-10-11)22(20,21)19-7-6-14(17)9-12(19)2/h3-5,8,10,12,14H,6-7,9,17H2,1-2H3. The van der Waals surface area contributed by atoms with Gasteiger partial charge in [-0.1, -0.05) is 12.1 Å². The third-order valence-corrected chi connectivity index (χ3v) is 6.30. The lowest BCUT2D eigenvalue weighted by atomic mass is 10.0. The summed E-state index contributed by atoms with van der Waals surface area (Å²) in [6, 6.07) is 7.25. The van der Waals surface area contributed by atoms with Crippen LogP contribution in [0.3, 0.4) is 0 Å². The predicted molar refractivity (Wildman–Crippen MR) is 87.0 cm³/mol. The Labute approximate surface area is 131 Å². The summed E-state index contributed by atoms with van der Waals surface area (Å²) >= 11 is 0. The summed E-state index contributed by atoms with van der Waals surface area (Å²) in [5.41, 5.74) is 7.49. The molecule has 1 aromatic carbocycles. The highest BCUT2D eigenvalue weighted by molar-refractivity contribution is 7.89. The minimum Gasteiger partial charge on any atom is -0.328 e. The molecule has 0 aliphatic carbocycles. The van der Waals surface area contributed by atoms with E-state index in [2.05, 4.69) is 4.98 Å². The van der Waals surface area contributed by atoms with E-state index in [0.29, 0.717) is 24.9 Å². The molecule has 1 saturated heterocycles. The summed E-state index contributed by atoms with van der Waals surface area (Å²) in [5, 5.41) is 0.849. The van der Waals surface area contributed by atoms with Gasteiger partial charge in [-0.15, -0.1) is 0 Å². The molecular weight excluding hydrogens is 298 g/mol. The SMILES string of the molecule is Cc1cnc2c(S(=O)(=O)N3CCC(N)CC3C)cccc2c1. The van der Waals surface area contributed by atoms with Crippen molar-refractivity contribution in [2.75, 3.05) is 6.54 Å². The smallest absolute Gasteiger partial charge is 0.245 e. The van der Waals surface area contributed by atoms with Gasteiger partial charge >= 0.3 is 0 Å². The second-order valence-electron chi connectivity index (χ2n) is 6.09. The highest BCUT2D eigenvalue weighted by Crippen LogP contribution is 2.29. The number of nitrogens with two attached hydrogens (primary N) is 1. The van der Waals surface area contributed by atoms with E-state index in [0.717, 1.165) is 10.9 Å². The van der Waals surface area contributed by atoms with Gasteiger partial charge in [-0.3, -0.25) is 4.98 Å². The Kier molecular flexibility index (Phi) is 3.92. The van der Waals surface area contributed by atoms with Crippen LogP contribution in [0.1, 0.15) is 25.3 Å². The van der Waals surface area contributed by atoms with Gasteiger partial charge in [-0.2, -0.15) is 4.31 Å². The summed E-state index contributed by atoms with van der Waals surface area (Å²) in [4.78, 5) is 4.64. The van der Waals surface area contributed by atoms with E-state index < -0.39 is 10.0 Å². The van der Waals surface area contributed by atoms with Crippen molar-refractivity contribution in [3.05, 3.63) is 36.0 Å². The maximum absolute atomic E-state index is 13.0. The van der Waals surface area contributed by atoms with Crippen molar-refractivity contribution in [3.8, 4) is 0 Å². The largest absolute Gasteiger partial charge is 0.328 e. The minimum absolute atomic E-state index is 0.0785. The molecule has 22 heavy (non-hydrogen) atoms. The molecule has 6 heteroatoms. The Hall–Kier alpha value is -1.50. The number of benzene rings is 1. The van der Waals surface area contributed by atoms with Crippen LogP contribution in [-0.4, -0.2) is 36.3 Å². The van der Waals surface area contributed by atoms with Crippen molar-refractivity contribution in [2.24, 2.45) is 5.73 Å². The van der Waals surface area contributed by atoms with Crippen LogP contribution in [0.5, 0.6) is 0 Å². The van der Waals surface area contributed by atoms with E-state index in [-0.39, 0.29) is 17.0 Å². The average molecular weight is 319 g/mol. The molecular formula is C16H21N3O2S. The first-order valence-electron chi connectivity index (χ1n) is 7.52. The van der Waals surface area contributed by atoms with Crippen LogP contribution in [-0.2, 0) is 10.0 Å². The summed E-state index contributed by atoms with van der Waals surface area (Å²) in [7, 11) is -3.56. The van der Waals surface area contributed by atoms with Gasteiger partial charge in [-0.05, 0) is 44.4 Å². The maximum Gasteiger partial charge on any atom is 0.245 e. The van der Waals surface area contributed by atoms with Crippen LogP contribution in [0.15, 0.2) is 35.4 Å². The monoisotopic (exact) mass is 319 g/mol. The highest BCUT2D eigenvalue weighted by atomic mass is 32.2. The van der Waals surface area contributed by atoms with Gasteiger partial charge in [0.2, 0.25) is 10.0 Å². The molecule has 118 valence electrons. The normalized spacial score (nSPS) is 23.8. The Morgan fingerprint density at radius 2 is 2.14 bits per heavy atom. The molecule has 2 heterocycles. The van der Waals surface area contributed by atoms with Crippen molar-refractivity contribution in [1.29, 1.82) is 0 Å². The summed E-state index contributed by atoms with van der Waals surface area (Å²) in [6.07, 6.45) is 3.09. The van der Waals surface area contributed by atoms with Gasteiger partial charge in [0, 0.05) is 30.2 Å². The van der Waals surface area contributed by atoms with Gasteiger partial charge in [0.25, 0.3) is 0 Å². The fourth-order valence-corrected chi connectivity index (χ4v) is 4.95. The first-order valence-corrected chi connectivity index (χ1v) is 8.96. The molecule has 3 rings (SSSR count). The molecule has 1 fully saturated rings. The number of hydrogen-bond acceptors (Lipinski definition) is 4. The van der Waals surface area contributed by atoms with Gasteiger partial charge in [-0.25, -0.2) is 8.42 Å². The molecule has 0 bridgehead atoms. The Morgan fingerprint density at radius 1 is 1.36 bits per heavy atom. The van der Waals surface area contributed by atoms with Crippen LogP contribution in [0.2, 0.25) is 0 Å². The van der Waals surface area contributed by atoms with E-state index in [1.165, 1.54) is 0 Å². The minimum atomic E-state index is -3.56. The fourth-order valence-electron chi connectivity index (χ4n) is 3.12. The number of sulfonamides is 1. The molecule has 5 nitrogen and oxygen atoms in total. The molecule has 2 unspecified atom stereocenters. The Balaban J connectivity index is 2.10. The van der Waals surface area contributed by atoms with Crippen LogP contribution in [0.25, 0.3) is 10.9 Å². The molecule has 1 aliphatic heterocycles. The third kappa shape index (κ3) is 2.62. The van der Waals surface area contributed by atoms with E-state index in [1.54, 1.807) is 22.6 Å². The second-order valence-corrected chi connectivity index (χ2v) is 7.95. The molecule has 0 saturated carbocycles. The third-order valence-electron chi connectivity index (χ3n) is 4.25. The number of rotatable bonds is 2. The number of para-hydroxylation sites is 1. The second kappa shape index (κ2) is 5.61. The Morgan fingerprint density at radius 3 is 2.86 bits per heavy atom. The van der Waals surface area contributed by atoms with Crippen molar-refractivity contribution >= 4 is 20.9 Å². The zero-order valence-corrected chi connectivity index (χ0v) is 13.7. The fraction of sp³-hybridized carbons (Fsp3) is 0.438. The molecule has 2 atom stereocenters. The molecule has 0 radical (unpaired) electrons. The average Bonchev–Trinajstić information content (AvgIpc) is 2.45. The Bertz CT molecular complexity index is 804. The predicted octanol–water partition coefficient (Wildman–Crippen LogP) is 2.04. The molecule has 0 amide bonds. The van der Waals surface area contributed by atoms with Gasteiger partial charge in [0.1, 0.15) is 4.90 Å². The van der Waals surface area contributed by atoms with Crippen molar-refractivity contribution in [1.82, 2.24) is 9.29 Å². The number of pyridine rings is 1. The van der Waals surface area contributed by atoms with Gasteiger partial charge in [0.05, 0.1) is 5.52 Å². The zero-order chi connectivity index (χ0) is 15.9. The van der Waals surface area contributed by atoms with E-state index in [9.17, 15) is 8.42 Å². The first-order chi connectivity index (χ1) is 10.4. The number of aryl methyl sites for hydroxylation is 1. The summed E-state index contributed by atoms with van der Waals surface area (Å²) in [5.74, 6) is 0. The van der Waals surface area contributed by atoms with Crippen molar-refractivity contribution in [2.45, 2.75) is 43.7 Å². The summed E-state index contributed by atoms with van der Waals surface area (Å²) < 4.78 is 27.7. The van der Waals surface area contributed by atoms with Crippen LogP contribution >= 0.6 is 0 Å². The number of fused-ring (bicyclic) bond motifs is 1. The topological polar surface area (TPSA) is 76.3 Å². The molecule has 1 aliphatic rings. The van der Waals surface area contributed by atoms with E-state index in [1.807, 2.05) is 26.0 Å². The molecule has 0 spiro atoms. The zero-order valence-electron chi connectivity index (χ0n) is 12.9. The van der Waals surface area contributed by atoms with Gasteiger partial charge < -0.3 is 5.73 Å². The number of nitrogens with zero attached hydrogens (tertiary/aromatic N) is 2. The van der Waals surface area contributed by atoms with E-state index in [4.69, 9.17) is 5.73 Å². The van der Waals surface area contributed by atoms with Crippen molar-refractivity contribution < 1.29 is 8.42 Å². The van der Waals surface area contributed by atoms with Crippen LogP contribution in [0, 0.1) is 6.92 Å². The highest BCUT2D eigenvalue weighted by Gasteiger charge is 2.34. The molecule has 2 N–H and O–H groups in total. The van der Waals surface area contributed by atoms with E-state index >= 15 is 0 Å².